The van der Waals surface area contributed by atoms with Crippen LogP contribution in [0.15, 0.2) is 24.3 Å². The van der Waals surface area contributed by atoms with Gasteiger partial charge in [-0.1, -0.05) is 41.1 Å². The number of halogens is 1. The maximum absolute atomic E-state index is 11.9. The molecule has 0 bridgehead atoms. The first-order valence-electron chi connectivity index (χ1n) is 6.86. The molecule has 1 unspecified atom stereocenters. The standard InChI is InChI=1S/C15H20BrNO2/c1-12(16)6-4-5-11-19-17-14-8-3-2-7-13(14)9-10-15(17)18/h2-3,7-8,12H,4-6,9-11H2,1H3. The second kappa shape index (κ2) is 7.06. The molecule has 0 saturated carbocycles. The van der Waals surface area contributed by atoms with Gasteiger partial charge in [-0.25, -0.2) is 0 Å². The van der Waals surface area contributed by atoms with Crippen LogP contribution in [0.2, 0.25) is 0 Å². The van der Waals surface area contributed by atoms with Gasteiger partial charge in [-0.3, -0.25) is 9.63 Å². The first kappa shape index (κ1) is 14.5. The van der Waals surface area contributed by atoms with Gasteiger partial charge in [-0.2, -0.15) is 5.06 Å². The molecule has 1 atom stereocenters. The van der Waals surface area contributed by atoms with Crippen LogP contribution in [0, 0.1) is 0 Å². The summed E-state index contributed by atoms with van der Waals surface area (Å²) in [5, 5.41) is 1.48. The van der Waals surface area contributed by atoms with E-state index in [1.807, 2.05) is 18.2 Å². The lowest BCUT2D eigenvalue weighted by Gasteiger charge is -2.28. The van der Waals surface area contributed by atoms with E-state index < -0.39 is 0 Å². The summed E-state index contributed by atoms with van der Waals surface area (Å²) in [6, 6.07) is 7.96. The lowest BCUT2D eigenvalue weighted by Crippen LogP contribution is -2.35. The summed E-state index contributed by atoms with van der Waals surface area (Å²) in [6.07, 6.45) is 4.57. The Bertz CT molecular complexity index is 434. The van der Waals surface area contributed by atoms with Crippen molar-refractivity contribution in [1.82, 2.24) is 0 Å². The third kappa shape index (κ3) is 4.05. The summed E-state index contributed by atoms with van der Waals surface area (Å²) in [7, 11) is 0. The molecule has 0 radical (unpaired) electrons. The SMILES string of the molecule is CC(Br)CCCCON1C(=O)CCc2ccccc21. The van der Waals surface area contributed by atoms with E-state index in [9.17, 15) is 4.79 Å². The number of nitrogens with zero attached hydrogens (tertiary/aromatic N) is 1. The molecule has 0 N–H and O–H groups in total. The fraction of sp³-hybridized carbons (Fsp3) is 0.533. The number of carbonyl (C=O) groups is 1. The third-order valence-corrected chi connectivity index (χ3v) is 3.72. The van der Waals surface area contributed by atoms with Crippen LogP contribution in [0.3, 0.4) is 0 Å². The Morgan fingerprint density at radius 1 is 1.32 bits per heavy atom. The van der Waals surface area contributed by atoms with E-state index in [-0.39, 0.29) is 5.91 Å². The molecule has 2 rings (SSSR count). The Labute approximate surface area is 123 Å². The fourth-order valence-corrected chi connectivity index (χ4v) is 2.55. The maximum Gasteiger partial charge on any atom is 0.251 e. The second-order valence-electron chi connectivity index (χ2n) is 4.93. The smallest absolute Gasteiger partial charge is 0.251 e. The number of hydrogen-bond donors (Lipinski definition) is 0. The molecular formula is C15H20BrNO2. The van der Waals surface area contributed by atoms with Gasteiger partial charge >= 0.3 is 0 Å². The molecule has 19 heavy (non-hydrogen) atoms. The van der Waals surface area contributed by atoms with E-state index in [1.165, 1.54) is 10.6 Å². The molecule has 1 aliphatic heterocycles. The number of rotatable bonds is 6. The quantitative estimate of drug-likeness (QED) is 0.587. The minimum atomic E-state index is 0.0626. The van der Waals surface area contributed by atoms with Crippen LogP contribution in [0.4, 0.5) is 5.69 Å². The molecule has 104 valence electrons. The fourth-order valence-electron chi connectivity index (χ4n) is 2.22. The van der Waals surface area contributed by atoms with E-state index in [2.05, 4.69) is 28.9 Å². The monoisotopic (exact) mass is 325 g/mol. The minimum Gasteiger partial charge on any atom is -0.272 e. The van der Waals surface area contributed by atoms with Crippen molar-refractivity contribution in [2.45, 2.75) is 43.9 Å². The number of alkyl halides is 1. The molecule has 1 aliphatic rings. The molecule has 1 aromatic carbocycles. The Balaban J connectivity index is 1.87. The molecule has 3 nitrogen and oxygen atoms in total. The van der Waals surface area contributed by atoms with Crippen LogP contribution < -0.4 is 5.06 Å². The Hall–Kier alpha value is -0.870. The highest BCUT2D eigenvalue weighted by Gasteiger charge is 2.24. The Kier molecular flexibility index (Phi) is 5.40. The molecule has 1 aromatic rings. The van der Waals surface area contributed by atoms with E-state index in [0.29, 0.717) is 17.9 Å². The van der Waals surface area contributed by atoms with E-state index in [0.717, 1.165) is 31.4 Å². The zero-order chi connectivity index (χ0) is 13.7. The molecule has 0 aromatic heterocycles. The third-order valence-electron chi connectivity index (χ3n) is 3.26. The molecule has 0 spiro atoms. The number of anilines is 1. The zero-order valence-corrected chi connectivity index (χ0v) is 12.9. The first-order chi connectivity index (χ1) is 9.18. The summed E-state index contributed by atoms with van der Waals surface area (Å²) >= 11 is 3.53. The van der Waals surface area contributed by atoms with Gasteiger partial charge in [0.2, 0.25) is 0 Å². The van der Waals surface area contributed by atoms with Crippen molar-refractivity contribution in [3.8, 4) is 0 Å². The minimum absolute atomic E-state index is 0.0626. The molecule has 0 saturated heterocycles. The van der Waals surface area contributed by atoms with Gasteiger partial charge in [0.05, 0.1) is 12.3 Å². The van der Waals surface area contributed by atoms with Gasteiger partial charge in [-0.15, -0.1) is 0 Å². The van der Waals surface area contributed by atoms with Crippen molar-refractivity contribution in [2.24, 2.45) is 0 Å². The van der Waals surface area contributed by atoms with Gasteiger partial charge in [-0.05, 0) is 37.3 Å². The van der Waals surface area contributed by atoms with Crippen molar-refractivity contribution in [2.75, 3.05) is 11.7 Å². The normalized spacial score (nSPS) is 16.3. The number of hydroxylamine groups is 1. The van der Waals surface area contributed by atoms with Crippen molar-refractivity contribution in [3.63, 3.8) is 0 Å². The molecule has 0 fully saturated rings. The summed E-state index contributed by atoms with van der Waals surface area (Å²) in [4.78, 5) is 18.1. The van der Waals surface area contributed by atoms with Crippen LogP contribution in [0.25, 0.3) is 0 Å². The Morgan fingerprint density at radius 2 is 2.11 bits per heavy atom. The second-order valence-corrected chi connectivity index (χ2v) is 6.49. The summed E-state index contributed by atoms with van der Waals surface area (Å²) in [6.45, 7) is 2.74. The molecule has 1 amide bonds. The topological polar surface area (TPSA) is 29.5 Å². The number of amides is 1. The lowest BCUT2D eigenvalue weighted by atomic mass is 10.0. The van der Waals surface area contributed by atoms with Crippen LogP contribution in [0.5, 0.6) is 0 Å². The highest BCUT2D eigenvalue weighted by atomic mass is 79.9. The van der Waals surface area contributed by atoms with E-state index >= 15 is 0 Å². The van der Waals surface area contributed by atoms with Gasteiger partial charge in [0.1, 0.15) is 0 Å². The first-order valence-corrected chi connectivity index (χ1v) is 7.78. The maximum atomic E-state index is 11.9. The van der Waals surface area contributed by atoms with E-state index in [1.54, 1.807) is 0 Å². The number of benzene rings is 1. The molecular weight excluding hydrogens is 306 g/mol. The number of hydrogen-bond acceptors (Lipinski definition) is 2. The van der Waals surface area contributed by atoms with Gasteiger partial charge < -0.3 is 0 Å². The molecule has 1 heterocycles. The summed E-state index contributed by atoms with van der Waals surface area (Å²) in [5.74, 6) is 0.0626. The van der Waals surface area contributed by atoms with Crippen LogP contribution in [-0.4, -0.2) is 17.3 Å². The van der Waals surface area contributed by atoms with Crippen molar-refractivity contribution in [1.29, 1.82) is 0 Å². The average Bonchev–Trinajstić information content (AvgIpc) is 2.40. The summed E-state index contributed by atoms with van der Waals surface area (Å²) < 4.78 is 0. The Morgan fingerprint density at radius 3 is 2.89 bits per heavy atom. The largest absolute Gasteiger partial charge is 0.272 e. The molecule has 0 aliphatic carbocycles. The van der Waals surface area contributed by atoms with Crippen LogP contribution in [-0.2, 0) is 16.1 Å². The van der Waals surface area contributed by atoms with Gasteiger partial charge in [0.25, 0.3) is 5.91 Å². The number of para-hydroxylation sites is 1. The van der Waals surface area contributed by atoms with Crippen molar-refractivity contribution >= 4 is 27.5 Å². The number of unbranched alkanes of at least 4 members (excludes halogenated alkanes) is 1. The highest BCUT2D eigenvalue weighted by molar-refractivity contribution is 9.09. The van der Waals surface area contributed by atoms with Crippen LogP contribution >= 0.6 is 15.9 Å². The zero-order valence-electron chi connectivity index (χ0n) is 11.3. The summed E-state index contributed by atoms with van der Waals surface area (Å²) in [5.41, 5.74) is 2.10. The highest BCUT2D eigenvalue weighted by Crippen LogP contribution is 2.27. The number of carbonyl (C=O) groups excluding carboxylic acids is 1. The number of fused-ring (bicyclic) bond motifs is 1. The predicted octanol–water partition coefficient (Wildman–Crippen LogP) is 3.85. The van der Waals surface area contributed by atoms with Gasteiger partial charge in [0.15, 0.2) is 0 Å². The van der Waals surface area contributed by atoms with E-state index in [4.69, 9.17) is 4.84 Å². The van der Waals surface area contributed by atoms with Crippen LogP contribution in [0.1, 0.15) is 38.2 Å². The average molecular weight is 326 g/mol. The lowest BCUT2D eigenvalue weighted by molar-refractivity contribution is -0.126. The van der Waals surface area contributed by atoms with Crippen molar-refractivity contribution < 1.29 is 9.63 Å². The predicted molar refractivity (Wildman–Crippen MR) is 80.4 cm³/mol. The number of aryl methyl sites for hydroxylation is 1. The molecule has 4 heteroatoms. The van der Waals surface area contributed by atoms with Crippen molar-refractivity contribution in [3.05, 3.63) is 29.8 Å². The van der Waals surface area contributed by atoms with Gasteiger partial charge in [0, 0.05) is 11.2 Å².